The van der Waals surface area contributed by atoms with Crippen LogP contribution in [0.3, 0.4) is 0 Å². The predicted octanol–water partition coefficient (Wildman–Crippen LogP) is 6.24. The Morgan fingerprint density at radius 2 is 1.77 bits per heavy atom. The Morgan fingerprint density at radius 3 is 2.41 bits per heavy atom. The van der Waals surface area contributed by atoms with E-state index in [4.69, 9.17) is 0 Å². The van der Waals surface area contributed by atoms with Crippen molar-refractivity contribution in [1.82, 2.24) is 0 Å². The largest absolute Gasteiger partial charge is 0.198 e. The van der Waals surface area contributed by atoms with E-state index in [9.17, 15) is 5.26 Å². The monoisotopic (exact) mass is 297 g/mol. The first-order chi connectivity index (χ1) is 10.8. The first-order valence-electron chi connectivity index (χ1n) is 9.26. The molecule has 1 saturated carbocycles. The third-order valence-corrected chi connectivity index (χ3v) is 5.36. The Hall–Kier alpha value is -1.29. The molecule has 0 amide bonds. The van der Waals surface area contributed by atoms with Gasteiger partial charge in [0.2, 0.25) is 0 Å². The molecule has 1 aliphatic carbocycles. The number of aryl methyl sites for hydroxylation is 1. The van der Waals surface area contributed by atoms with Gasteiger partial charge in [0.25, 0.3) is 0 Å². The van der Waals surface area contributed by atoms with Crippen molar-refractivity contribution in [3.8, 4) is 6.07 Å². The quantitative estimate of drug-likeness (QED) is 0.584. The van der Waals surface area contributed by atoms with Crippen LogP contribution in [-0.4, -0.2) is 0 Å². The summed E-state index contributed by atoms with van der Waals surface area (Å²) in [7, 11) is 0. The lowest BCUT2D eigenvalue weighted by atomic mass is 9.71. The normalized spacial score (nSPS) is 24.9. The first-order valence-corrected chi connectivity index (χ1v) is 9.26. The van der Waals surface area contributed by atoms with Gasteiger partial charge in [-0.1, -0.05) is 57.4 Å². The van der Waals surface area contributed by atoms with E-state index in [1.54, 1.807) is 0 Å². The zero-order valence-corrected chi connectivity index (χ0v) is 14.4. The Morgan fingerprint density at radius 1 is 1.05 bits per heavy atom. The fourth-order valence-electron chi connectivity index (χ4n) is 3.84. The summed E-state index contributed by atoms with van der Waals surface area (Å²) in [5, 5.41) is 9.52. The summed E-state index contributed by atoms with van der Waals surface area (Å²) >= 11 is 0. The molecule has 2 rings (SSSR count). The highest BCUT2D eigenvalue weighted by molar-refractivity contribution is 5.26. The van der Waals surface area contributed by atoms with Gasteiger partial charge in [-0.15, -0.1) is 0 Å². The predicted molar refractivity (Wildman–Crippen MR) is 93.8 cm³/mol. The molecule has 0 heterocycles. The fourth-order valence-corrected chi connectivity index (χ4v) is 3.84. The average Bonchev–Trinajstić information content (AvgIpc) is 2.58. The third kappa shape index (κ3) is 4.60. The van der Waals surface area contributed by atoms with Crippen LogP contribution in [0.4, 0.5) is 0 Å². The average molecular weight is 297 g/mol. The summed E-state index contributed by atoms with van der Waals surface area (Å²) in [5.41, 5.74) is 2.91. The topological polar surface area (TPSA) is 23.8 Å². The molecule has 1 aromatic carbocycles. The van der Waals surface area contributed by atoms with E-state index in [2.05, 4.69) is 44.2 Å². The van der Waals surface area contributed by atoms with Crippen LogP contribution >= 0.6 is 0 Å². The lowest BCUT2D eigenvalue weighted by Gasteiger charge is -2.33. The van der Waals surface area contributed by atoms with Gasteiger partial charge in [0.15, 0.2) is 0 Å². The third-order valence-electron chi connectivity index (χ3n) is 5.36. The SMILES string of the molecule is CCCCc1ccc(C2CCC(CCCC)C(C#N)C2)cc1. The van der Waals surface area contributed by atoms with Crippen LogP contribution in [0.5, 0.6) is 0 Å². The molecule has 1 nitrogen and oxygen atoms in total. The van der Waals surface area contributed by atoms with E-state index in [0.29, 0.717) is 11.8 Å². The maximum atomic E-state index is 9.52. The van der Waals surface area contributed by atoms with Crippen molar-refractivity contribution in [3.63, 3.8) is 0 Å². The zero-order chi connectivity index (χ0) is 15.8. The summed E-state index contributed by atoms with van der Waals surface area (Å²) in [4.78, 5) is 0. The number of benzene rings is 1. The van der Waals surface area contributed by atoms with E-state index < -0.39 is 0 Å². The Labute approximate surface area is 136 Å². The second kappa shape index (κ2) is 8.99. The van der Waals surface area contributed by atoms with Gasteiger partial charge in [0.05, 0.1) is 6.07 Å². The maximum Gasteiger partial charge on any atom is 0.0658 e. The summed E-state index contributed by atoms with van der Waals surface area (Å²) in [6.45, 7) is 4.49. The van der Waals surface area contributed by atoms with Gasteiger partial charge in [0.1, 0.15) is 0 Å². The van der Waals surface area contributed by atoms with Gasteiger partial charge >= 0.3 is 0 Å². The first kappa shape index (κ1) is 17.1. The molecule has 0 aromatic heterocycles. The summed E-state index contributed by atoms with van der Waals surface area (Å²) in [6, 6.07) is 11.8. The number of rotatable bonds is 7. The molecule has 0 bridgehead atoms. The van der Waals surface area contributed by atoms with E-state index in [1.165, 1.54) is 62.5 Å². The molecule has 0 radical (unpaired) electrons. The van der Waals surface area contributed by atoms with Gasteiger partial charge in [-0.25, -0.2) is 0 Å². The van der Waals surface area contributed by atoms with Gasteiger partial charge in [-0.2, -0.15) is 5.26 Å². The molecule has 22 heavy (non-hydrogen) atoms. The van der Waals surface area contributed by atoms with Crippen molar-refractivity contribution in [1.29, 1.82) is 5.26 Å². The Bertz CT molecular complexity index is 468. The van der Waals surface area contributed by atoms with E-state index in [-0.39, 0.29) is 5.92 Å². The molecule has 0 spiro atoms. The summed E-state index contributed by atoms with van der Waals surface area (Å²) < 4.78 is 0. The minimum atomic E-state index is 0.269. The molecule has 1 heteroatoms. The van der Waals surface area contributed by atoms with Crippen molar-refractivity contribution >= 4 is 0 Å². The smallest absolute Gasteiger partial charge is 0.0658 e. The van der Waals surface area contributed by atoms with E-state index in [1.807, 2.05) is 0 Å². The Balaban J connectivity index is 1.95. The van der Waals surface area contributed by atoms with Crippen LogP contribution < -0.4 is 0 Å². The number of nitrogens with zero attached hydrogens (tertiary/aromatic N) is 1. The zero-order valence-electron chi connectivity index (χ0n) is 14.4. The molecule has 120 valence electrons. The molecule has 3 unspecified atom stereocenters. The minimum absolute atomic E-state index is 0.269. The highest BCUT2D eigenvalue weighted by atomic mass is 14.4. The fraction of sp³-hybridized carbons (Fsp3) is 0.667. The molecular formula is C21H31N. The van der Waals surface area contributed by atoms with Crippen molar-refractivity contribution in [2.45, 2.75) is 77.6 Å². The number of hydrogen-bond acceptors (Lipinski definition) is 1. The van der Waals surface area contributed by atoms with Crippen molar-refractivity contribution in [2.24, 2.45) is 11.8 Å². The highest BCUT2D eigenvalue weighted by Crippen LogP contribution is 2.41. The van der Waals surface area contributed by atoms with Gasteiger partial charge in [-0.05, 0) is 61.5 Å². The molecule has 1 aliphatic rings. The standard InChI is InChI=1S/C21H31N/c1-3-5-7-17-9-11-19(12-10-17)20-14-13-18(8-6-4-2)21(15-20)16-22/h9-12,18,20-21H,3-8,13-15H2,1-2H3. The Kier molecular flexibility index (Phi) is 6.97. The van der Waals surface area contributed by atoms with Crippen molar-refractivity contribution in [2.75, 3.05) is 0 Å². The van der Waals surface area contributed by atoms with Crippen LogP contribution in [0.2, 0.25) is 0 Å². The molecule has 1 fully saturated rings. The van der Waals surface area contributed by atoms with Gasteiger partial charge < -0.3 is 0 Å². The second-order valence-corrected chi connectivity index (χ2v) is 6.99. The van der Waals surface area contributed by atoms with Gasteiger partial charge in [-0.3, -0.25) is 0 Å². The second-order valence-electron chi connectivity index (χ2n) is 6.99. The van der Waals surface area contributed by atoms with Crippen molar-refractivity contribution < 1.29 is 0 Å². The molecule has 0 aliphatic heterocycles. The minimum Gasteiger partial charge on any atom is -0.198 e. The van der Waals surface area contributed by atoms with Crippen LogP contribution in [0.25, 0.3) is 0 Å². The number of unbranched alkanes of at least 4 members (excludes halogenated alkanes) is 2. The molecular weight excluding hydrogens is 266 g/mol. The number of nitriles is 1. The lowest BCUT2D eigenvalue weighted by molar-refractivity contribution is 0.245. The van der Waals surface area contributed by atoms with E-state index in [0.717, 1.165) is 6.42 Å². The van der Waals surface area contributed by atoms with Gasteiger partial charge in [0, 0.05) is 5.92 Å². The number of hydrogen-bond donors (Lipinski definition) is 0. The van der Waals surface area contributed by atoms with Crippen LogP contribution in [-0.2, 0) is 6.42 Å². The van der Waals surface area contributed by atoms with Crippen molar-refractivity contribution in [3.05, 3.63) is 35.4 Å². The lowest BCUT2D eigenvalue weighted by Crippen LogP contribution is -2.23. The summed E-state index contributed by atoms with van der Waals surface area (Å²) in [6.07, 6.45) is 11.1. The summed E-state index contributed by atoms with van der Waals surface area (Å²) in [5.74, 6) is 1.51. The highest BCUT2D eigenvalue weighted by Gasteiger charge is 2.30. The molecule has 0 saturated heterocycles. The maximum absolute atomic E-state index is 9.52. The van der Waals surface area contributed by atoms with Crippen LogP contribution in [0.1, 0.15) is 82.3 Å². The molecule has 0 N–H and O–H groups in total. The molecule has 1 aromatic rings. The van der Waals surface area contributed by atoms with Crippen LogP contribution in [0, 0.1) is 23.2 Å². The molecule has 3 atom stereocenters. The van der Waals surface area contributed by atoms with Crippen LogP contribution in [0.15, 0.2) is 24.3 Å². The van der Waals surface area contributed by atoms with E-state index >= 15 is 0 Å².